The number of amides is 1. The van der Waals surface area contributed by atoms with Gasteiger partial charge in [-0.05, 0) is 46.7 Å². The van der Waals surface area contributed by atoms with Gasteiger partial charge in [0.25, 0.3) is 5.91 Å². The number of carbonyl (C=O) groups excluding carboxylic acids is 1. The second-order valence-electron chi connectivity index (χ2n) is 4.66. The summed E-state index contributed by atoms with van der Waals surface area (Å²) in [5.74, 6) is -0.0422. The number of ether oxygens (including phenoxy) is 1. The topological polar surface area (TPSA) is 54.1 Å². The van der Waals surface area contributed by atoms with Crippen LogP contribution in [-0.4, -0.2) is 31.2 Å². The lowest BCUT2D eigenvalue weighted by atomic mass is 10.0. The van der Waals surface area contributed by atoms with Crippen molar-refractivity contribution in [3.05, 3.63) is 22.4 Å². The highest BCUT2D eigenvalue weighted by Gasteiger charge is 2.42. The van der Waals surface area contributed by atoms with E-state index in [1.54, 1.807) is 19.4 Å². The largest absolute Gasteiger partial charge is 0.385 e. The van der Waals surface area contributed by atoms with Crippen LogP contribution in [0.4, 0.5) is 0 Å². The van der Waals surface area contributed by atoms with E-state index in [1.165, 1.54) is 12.8 Å². The second-order valence-corrected chi connectivity index (χ2v) is 5.57. The van der Waals surface area contributed by atoms with E-state index in [0.29, 0.717) is 5.69 Å². The first-order valence-corrected chi connectivity index (χ1v) is 6.56. The predicted molar refractivity (Wildman–Crippen MR) is 69.0 cm³/mol. The van der Waals surface area contributed by atoms with Gasteiger partial charge in [0.1, 0.15) is 5.69 Å². The van der Waals surface area contributed by atoms with Crippen molar-refractivity contribution in [2.75, 3.05) is 20.3 Å². The Morgan fingerprint density at radius 3 is 2.94 bits per heavy atom. The zero-order valence-corrected chi connectivity index (χ0v) is 11.5. The maximum absolute atomic E-state index is 11.8. The maximum atomic E-state index is 11.8. The molecule has 17 heavy (non-hydrogen) atoms. The van der Waals surface area contributed by atoms with Crippen molar-refractivity contribution in [2.45, 2.75) is 19.3 Å². The molecule has 1 amide bonds. The van der Waals surface area contributed by atoms with Crippen molar-refractivity contribution < 1.29 is 9.53 Å². The van der Waals surface area contributed by atoms with Gasteiger partial charge in [-0.3, -0.25) is 4.79 Å². The fraction of sp³-hybridized carbons (Fsp3) is 0.583. The smallest absolute Gasteiger partial charge is 0.267 e. The number of hydrogen-bond acceptors (Lipinski definition) is 2. The molecule has 1 aromatic rings. The Morgan fingerprint density at radius 2 is 2.41 bits per heavy atom. The van der Waals surface area contributed by atoms with Crippen LogP contribution in [0.2, 0.25) is 0 Å². The normalized spacial score (nSPS) is 16.8. The van der Waals surface area contributed by atoms with Crippen molar-refractivity contribution in [3.8, 4) is 0 Å². The third-order valence-corrected chi connectivity index (χ3v) is 3.77. The van der Waals surface area contributed by atoms with E-state index in [2.05, 4.69) is 26.2 Å². The molecule has 4 nitrogen and oxygen atoms in total. The van der Waals surface area contributed by atoms with Crippen LogP contribution in [0.5, 0.6) is 0 Å². The Bertz CT molecular complexity index is 399. The van der Waals surface area contributed by atoms with Gasteiger partial charge in [-0.2, -0.15) is 0 Å². The van der Waals surface area contributed by atoms with E-state index < -0.39 is 0 Å². The SMILES string of the molecule is COCCC1(CNC(=O)c2cc(Br)c[nH]2)CC1. The van der Waals surface area contributed by atoms with Gasteiger partial charge in [0, 0.05) is 30.9 Å². The summed E-state index contributed by atoms with van der Waals surface area (Å²) in [5, 5.41) is 2.98. The number of nitrogens with one attached hydrogen (secondary N) is 2. The van der Waals surface area contributed by atoms with Crippen LogP contribution in [0.3, 0.4) is 0 Å². The van der Waals surface area contributed by atoms with Gasteiger partial charge in [-0.15, -0.1) is 0 Å². The molecule has 0 unspecified atom stereocenters. The molecule has 2 N–H and O–H groups in total. The maximum Gasteiger partial charge on any atom is 0.267 e. The van der Waals surface area contributed by atoms with Crippen LogP contribution in [-0.2, 0) is 4.74 Å². The first-order valence-electron chi connectivity index (χ1n) is 5.76. The highest BCUT2D eigenvalue weighted by atomic mass is 79.9. The molecule has 1 fully saturated rings. The minimum atomic E-state index is -0.0422. The fourth-order valence-electron chi connectivity index (χ4n) is 1.87. The molecule has 2 rings (SSSR count). The highest BCUT2D eigenvalue weighted by molar-refractivity contribution is 9.10. The number of hydrogen-bond donors (Lipinski definition) is 2. The molecular weight excluding hydrogens is 284 g/mol. The zero-order valence-electron chi connectivity index (χ0n) is 9.88. The molecular formula is C12H17BrN2O2. The van der Waals surface area contributed by atoms with Crippen molar-refractivity contribution >= 4 is 21.8 Å². The molecule has 1 heterocycles. The van der Waals surface area contributed by atoms with Crippen LogP contribution in [0.1, 0.15) is 29.8 Å². The Balaban J connectivity index is 1.80. The van der Waals surface area contributed by atoms with Gasteiger partial charge in [-0.25, -0.2) is 0 Å². The summed E-state index contributed by atoms with van der Waals surface area (Å²) in [4.78, 5) is 14.7. The molecule has 0 atom stereocenters. The van der Waals surface area contributed by atoms with E-state index in [4.69, 9.17) is 4.74 Å². The van der Waals surface area contributed by atoms with Crippen LogP contribution in [0, 0.1) is 5.41 Å². The summed E-state index contributed by atoms with van der Waals surface area (Å²) in [7, 11) is 1.71. The van der Waals surface area contributed by atoms with E-state index in [1.807, 2.05) is 0 Å². The lowest BCUT2D eigenvalue weighted by molar-refractivity contribution is 0.0933. The molecule has 0 spiro atoms. The Morgan fingerprint density at radius 1 is 1.65 bits per heavy atom. The fourth-order valence-corrected chi connectivity index (χ4v) is 2.22. The zero-order chi connectivity index (χ0) is 12.3. The number of methoxy groups -OCH3 is 1. The Kier molecular flexibility index (Phi) is 3.89. The van der Waals surface area contributed by atoms with Crippen molar-refractivity contribution in [2.24, 2.45) is 5.41 Å². The summed E-state index contributed by atoms with van der Waals surface area (Å²) in [6.07, 6.45) is 5.15. The minimum absolute atomic E-state index is 0.0422. The molecule has 0 bridgehead atoms. The lowest BCUT2D eigenvalue weighted by Gasteiger charge is -2.14. The molecule has 1 saturated carbocycles. The number of rotatable bonds is 6. The molecule has 1 aliphatic carbocycles. The van der Waals surface area contributed by atoms with E-state index in [-0.39, 0.29) is 11.3 Å². The second kappa shape index (κ2) is 5.23. The van der Waals surface area contributed by atoms with Crippen molar-refractivity contribution in [1.82, 2.24) is 10.3 Å². The monoisotopic (exact) mass is 300 g/mol. The van der Waals surface area contributed by atoms with Gasteiger partial charge in [0.05, 0.1) is 0 Å². The molecule has 5 heteroatoms. The van der Waals surface area contributed by atoms with E-state index in [9.17, 15) is 4.79 Å². The van der Waals surface area contributed by atoms with Crippen LogP contribution in [0.25, 0.3) is 0 Å². The molecule has 0 radical (unpaired) electrons. The van der Waals surface area contributed by atoms with Crippen LogP contribution >= 0.6 is 15.9 Å². The van der Waals surface area contributed by atoms with Crippen LogP contribution < -0.4 is 5.32 Å². The summed E-state index contributed by atoms with van der Waals surface area (Å²) in [5.41, 5.74) is 0.884. The molecule has 1 aliphatic rings. The van der Waals surface area contributed by atoms with Gasteiger partial charge in [0.2, 0.25) is 0 Å². The first-order chi connectivity index (χ1) is 8.15. The summed E-state index contributed by atoms with van der Waals surface area (Å²) < 4.78 is 5.98. The molecule has 94 valence electrons. The average molecular weight is 301 g/mol. The standard InChI is InChI=1S/C12H17BrN2O2/c1-17-5-4-12(2-3-12)8-15-11(16)10-6-9(13)7-14-10/h6-7,14H,2-5,8H2,1H3,(H,15,16). The van der Waals surface area contributed by atoms with E-state index >= 15 is 0 Å². The van der Waals surface area contributed by atoms with E-state index in [0.717, 1.165) is 24.0 Å². The van der Waals surface area contributed by atoms with Gasteiger partial charge in [-0.1, -0.05) is 0 Å². The third-order valence-electron chi connectivity index (χ3n) is 3.31. The average Bonchev–Trinajstić information content (AvgIpc) is 2.97. The number of aromatic nitrogens is 1. The quantitative estimate of drug-likeness (QED) is 0.847. The third kappa shape index (κ3) is 3.33. The summed E-state index contributed by atoms with van der Waals surface area (Å²) >= 11 is 3.31. The number of carbonyl (C=O) groups is 1. The number of H-pyrrole nitrogens is 1. The van der Waals surface area contributed by atoms with Crippen molar-refractivity contribution in [3.63, 3.8) is 0 Å². The Hall–Kier alpha value is -0.810. The predicted octanol–water partition coefficient (Wildman–Crippen LogP) is 2.32. The highest BCUT2D eigenvalue weighted by Crippen LogP contribution is 2.48. The van der Waals surface area contributed by atoms with Gasteiger partial charge >= 0.3 is 0 Å². The molecule has 1 aromatic heterocycles. The summed E-state index contributed by atoms with van der Waals surface area (Å²) in [6.45, 7) is 1.51. The first kappa shape index (κ1) is 12.6. The van der Waals surface area contributed by atoms with Crippen LogP contribution in [0.15, 0.2) is 16.7 Å². The number of aromatic amines is 1. The van der Waals surface area contributed by atoms with Crippen molar-refractivity contribution in [1.29, 1.82) is 0 Å². The molecule has 0 aliphatic heterocycles. The molecule has 0 saturated heterocycles. The molecule has 0 aromatic carbocycles. The Labute approximate surface area is 109 Å². The van der Waals surface area contributed by atoms with Gasteiger partial charge in [0.15, 0.2) is 0 Å². The summed E-state index contributed by atoms with van der Waals surface area (Å²) in [6, 6.07) is 1.78. The van der Waals surface area contributed by atoms with Gasteiger partial charge < -0.3 is 15.0 Å². The minimum Gasteiger partial charge on any atom is -0.385 e. The number of halogens is 1. The lowest BCUT2D eigenvalue weighted by Crippen LogP contribution is -2.31.